The molecule has 1 aromatic rings. The summed E-state index contributed by atoms with van der Waals surface area (Å²) in [6, 6.07) is 1.36. The lowest BCUT2D eigenvalue weighted by Gasteiger charge is -2.14. The number of nitrogens with one attached hydrogen (secondary N) is 1. The smallest absolute Gasteiger partial charge is 0.228 e. The molecule has 0 aliphatic carbocycles. The SMILES string of the molecule is Cc1nc(C)c(C(C)NS(=O)(=O)C(C)C#N)s1. The summed E-state index contributed by atoms with van der Waals surface area (Å²) in [5, 5.41) is 8.48. The minimum absolute atomic E-state index is 0.359. The van der Waals surface area contributed by atoms with Gasteiger partial charge in [-0.2, -0.15) is 5.26 Å². The normalized spacial score (nSPS) is 15.2. The van der Waals surface area contributed by atoms with Crippen LogP contribution in [0.5, 0.6) is 0 Å². The molecule has 0 amide bonds. The number of nitriles is 1. The molecule has 0 saturated carbocycles. The number of aromatic nitrogens is 1. The van der Waals surface area contributed by atoms with Crippen LogP contribution in [0.15, 0.2) is 0 Å². The standard InChI is InChI=1S/C10H15N3O2S2/c1-6(5-11)17(14,15)13-8(3)10-7(2)12-9(4)16-10/h6,8,13H,1-4H3. The minimum Gasteiger partial charge on any atom is -0.247 e. The highest BCUT2D eigenvalue weighted by molar-refractivity contribution is 7.90. The summed E-state index contributed by atoms with van der Waals surface area (Å²) in [6.07, 6.45) is 0. The maximum Gasteiger partial charge on any atom is 0.228 e. The van der Waals surface area contributed by atoms with Crippen molar-refractivity contribution in [2.75, 3.05) is 0 Å². The molecule has 0 aliphatic rings. The molecule has 0 spiro atoms. The number of thiazole rings is 1. The number of sulfonamides is 1. The molecule has 2 unspecified atom stereocenters. The molecule has 1 aromatic heterocycles. The Morgan fingerprint density at radius 1 is 1.41 bits per heavy atom. The highest BCUT2D eigenvalue weighted by Crippen LogP contribution is 2.25. The molecule has 7 heteroatoms. The van der Waals surface area contributed by atoms with Crippen LogP contribution in [0.4, 0.5) is 0 Å². The summed E-state index contributed by atoms with van der Waals surface area (Å²) >= 11 is 1.46. The van der Waals surface area contributed by atoms with Gasteiger partial charge in [-0.1, -0.05) is 0 Å². The molecule has 5 nitrogen and oxygen atoms in total. The number of hydrogen-bond acceptors (Lipinski definition) is 5. The predicted octanol–water partition coefficient (Wildman–Crippen LogP) is 1.65. The van der Waals surface area contributed by atoms with E-state index in [1.54, 1.807) is 13.0 Å². The summed E-state index contributed by atoms with van der Waals surface area (Å²) in [5.74, 6) is 0. The summed E-state index contributed by atoms with van der Waals surface area (Å²) < 4.78 is 25.9. The van der Waals surface area contributed by atoms with Crippen LogP contribution < -0.4 is 4.72 Å². The quantitative estimate of drug-likeness (QED) is 0.904. The zero-order chi connectivity index (χ0) is 13.2. The monoisotopic (exact) mass is 273 g/mol. The molecule has 94 valence electrons. The van der Waals surface area contributed by atoms with Gasteiger partial charge in [-0.3, -0.25) is 0 Å². The topological polar surface area (TPSA) is 82.8 Å². The van der Waals surface area contributed by atoms with E-state index in [1.807, 2.05) is 13.8 Å². The van der Waals surface area contributed by atoms with Crippen molar-refractivity contribution in [2.24, 2.45) is 0 Å². The minimum atomic E-state index is -3.60. The van der Waals surface area contributed by atoms with Crippen molar-refractivity contribution in [3.63, 3.8) is 0 Å². The van der Waals surface area contributed by atoms with Crippen LogP contribution in [0, 0.1) is 25.2 Å². The molecule has 2 atom stereocenters. The van der Waals surface area contributed by atoms with E-state index < -0.39 is 15.3 Å². The lowest BCUT2D eigenvalue weighted by Crippen LogP contribution is -2.33. The van der Waals surface area contributed by atoms with Crippen molar-refractivity contribution in [2.45, 2.75) is 39.0 Å². The van der Waals surface area contributed by atoms with E-state index in [9.17, 15) is 8.42 Å². The summed E-state index contributed by atoms with van der Waals surface area (Å²) in [7, 11) is -3.60. The molecule has 0 saturated heterocycles. The Balaban J connectivity index is 2.91. The number of aryl methyl sites for hydroxylation is 2. The van der Waals surface area contributed by atoms with Gasteiger partial charge in [-0.25, -0.2) is 18.1 Å². The van der Waals surface area contributed by atoms with Crippen molar-refractivity contribution in [3.8, 4) is 6.07 Å². The van der Waals surface area contributed by atoms with Crippen LogP contribution in [0.3, 0.4) is 0 Å². The van der Waals surface area contributed by atoms with E-state index in [2.05, 4.69) is 9.71 Å². The highest BCUT2D eigenvalue weighted by atomic mass is 32.2. The molecule has 0 aromatic carbocycles. The number of hydrogen-bond donors (Lipinski definition) is 1. The summed E-state index contributed by atoms with van der Waals surface area (Å²) in [6.45, 7) is 6.83. The van der Waals surface area contributed by atoms with Crippen molar-refractivity contribution in [1.29, 1.82) is 5.26 Å². The molecule has 0 radical (unpaired) electrons. The Morgan fingerprint density at radius 3 is 2.41 bits per heavy atom. The van der Waals surface area contributed by atoms with E-state index in [0.29, 0.717) is 0 Å². The predicted molar refractivity (Wildman–Crippen MR) is 67.1 cm³/mol. The third-order valence-corrected chi connectivity index (χ3v) is 5.29. The van der Waals surface area contributed by atoms with Gasteiger partial charge in [-0.05, 0) is 27.7 Å². The van der Waals surface area contributed by atoms with Crippen LogP contribution >= 0.6 is 11.3 Å². The summed E-state index contributed by atoms with van der Waals surface area (Å²) in [5.41, 5.74) is 0.826. The van der Waals surface area contributed by atoms with Gasteiger partial charge in [0.25, 0.3) is 0 Å². The fraction of sp³-hybridized carbons (Fsp3) is 0.600. The van der Waals surface area contributed by atoms with Gasteiger partial charge in [0.15, 0.2) is 5.25 Å². The van der Waals surface area contributed by atoms with Gasteiger partial charge in [-0.15, -0.1) is 11.3 Å². The first kappa shape index (κ1) is 14.1. The van der Waals surface area contributed by atoms with Gasteiger partial charge in [0, 0.05) is 4.88 Å². The van der Waals surface area contributed by atoms with Crippen LogP contribution in [-0.4, -0.2) is 18.7 Å². The molecule has 17 heavy (non-hydrogen) atoms. The maximum atomic E-state index is 11.7. The van der Waals surface area contributed by atoms with Crippen LogP contribution in [0.2, 0.25) is 0 Å². The van der Waals surface area contributed by atoms with Crippen LogP contribution in [0.1, 0.15) is 35.5 Å². The fourth-order valence-corrected chi connectivity index (χ4v) is 3.38. The van der Waals surface area contributed by atoms with Gasteiger partial charge >= 0.3 is 0 Å². The van der Waals surface area contributed by atoms with Crippen molar-refractivity contribution in [1.82, 2.24) is 9.71 Å². The number of rotatable bonds is 4. The van der Waals surface area contributed by atoms with Crippen LogP contribution in [-0.2, 0) is 10.0 Å². The highest BCUT2D eigenvalue weighted by Gasteiger charge is 2.24. The Kier molecular flexibility index (Phi) is 4.25. The van der Waals surface area contributed by atoms with Gasteiger partial charge in [0.1, 0.15) is 0 Å². The molecular weight excluding hydrogens is 258 g/mol. The average molecular weight is 273 g/mol. The zero-order valence-electron chi connectivity index (χ0n) is 10.2. The van der Waals surface area contributed by atoms with Crippen molar-refractivity contribution >= 4 is 21.4 Å². The van der Waals surface area contributed by atoms with E-state index in [0.717, 1.165) is 15.6 Å². The third kappa shape index (κ3) is 3.25. The molecule has 0 fully saturated rings. The zero-order valence-corrected chi connectivity index (χ0v) is 11.8. The van der Waals surface area contributed by atoms with Gasteiger partial charge in [0.05, 0.1) is 22.8 Å². The van der Waals surface area contributed by atoms with E-state index >= 15 is 0 Å². The van der Waals surface area contributed by atoms with E-state index in [-0.39, 0.29) is 6.04 Å². The molecule has 0 bridgehead atoms. The Bertz CT molecular complexity index is 542. The van der Waals surface area contributed by atoms with Crippen molar-refractivity contribution in [3.05, 3.63) is 15.6 Å². The molecule has 1 N–H and O–H groups in total. The second kappa shape index (κ2) is 5.12. The maximum absolute atomic E-state index is 11.7. The average Bonchev–Trinajstić information content (AvgIpc) is 2.56. The molecule has 0 aliphatic heterocycles. The first-order valence-electron chi connectivity index (χ1n) is 5.12. The molecule has 1 heterocycles. The Labute approximate surface area is 106 Å². The lowest BCUT2D eigenvalue weighted by atomic mass is 10.2. The second-order valence-corrected chi connectivity index (χ2v) is 7.11. The molecule has 1 rings (SSSR count). The van der Waals surface area contributed by atoms with Gasteiger partial charge in [0.2, 0.25) is 10.0 Å². The van der Waals surface area contributed by atoms with Gasteiger partial charge < -0.3 is 0 Å². The second-order valence-electron chi connectivity index (χ2n) is 3.84. The van der Waals surface area contributed by atoms with E-state index in [4.69, 9.17) is 5.26 Å². The largest absolute Gasteiger partial charge is 0.247 e. The fourth-order valence-electron chi connectivity index (χ4n) is 1.42. The number of nitrogens with zero attached hydrogens (tertiary/aromatic N) is 2. The first-order chi connectivity index (χ1) is 7.77. The Morgan fingerprint density at radius 2 is 2.00 bits per heavy atom. The third-order valence-electron chi connectivity index (χ3n) is 2.32. The lowest BCUT2D eigenvalue weighted by molar-refractivity contribution is 0.563. The van der Waals surface area contributed by atoms with Crippen molar-refractivity contribution < 1.29 is 8.42 Å². The Hall–Kier alpha value is -0.970. The molecular formula is C10H15N3O2S2. The summed E-state index contributed by atoms with van der Waals surface area (Å²) in [4.78, 5) is 5.13. The first-order valence-corrected chi connectivity index (χ1v) is 7.49. The van der Waals surface area contributed by atoms with E-state index in [1.165, 1.54) is 18.3 Å². The van der Waals surface area contributed by atoms with Crippen LogP contribution in [0.25, 0.3) is 0 Å².